The molecule has 1 aromatic carbocycles. The average molecular weight is 359 g/mol. The Balaban J connectivity index is 2.66. The number of thioether (sulfide) groups is 1. The summed E-state index contributed by atoms with van der Waals surface area (Å²) in [7, 11) is 0. The fourth-order valence-corrected chi connectivity index (χ4v) is 3.30. The molecule has 0 amide bonds. The molecule has 0 saturated carbocycles. The van der Waals surface area contributed by atoms with Gasteiger partial charge in [0.1, 0.15) is 0 Å². The summed E-state index contributed by atoms with van der Waals surface area (Å²) in [5.41, 5.74) is 0.901. The number of unbranched alkanes of at least 4 members (excludes halogenated alkanes) is 2. The second-order valence-electron chi connectivity index (χ2n) is 5.26. The lowest BCUT2D eigenvalue weighted by Crippen LogP contribution is -2.15. The maximum atomic E-state index is 12.4. The van der Waals surface area contributed by atoms with Crippen LogP contribution in [-0.4, -0.2) is 17.3 Å². The van der Waals surface area contributed by atoms with Crippen LogP contribution >= 0.6 is 35.0 Å². The minimum Gasteiger partial charge on any atom is -0.295 e. The van der Waals surface area contributed by atoms with Gasteiger partial charge in [0.05, 0.1) is 10.0 Å². The molecule has 0 heterocycles. The Morgan fingerprint density at radius 1 is 1.23 bits per heavy atom. The zero-order chi connectivity index (χ0) is 16.4. The molecule has 0 radical (unpaired) electrons. The highest BCUT2D eigenvalue weighted by Crippen LogP contribution is 2.23. The van der Waals surface area contributed by atoms with Crippen LogP contribution in [0.3, 0.4) is 0 Å². The Labute approximate surface area is 148 Å². The second-order valence-corrected chi connectivity index (χ2v) is 7.39. The number of carbonyl (C=O) groups is 1. The van der Waals surface area contributed by atoms with Gasteiger partial charge in [-0.1, -0.05) is 68.5 Å². The van der Waals surface area contributed by atoms with Gasteiger partial charge in [0.15, 0.2) is 5.78 Å². The van der Waals surface area contributed by atoms with Crippen LogP contribution in [0.1, 0.15) is 45.1 Å². The molecular weight excluding hydrogens is 335 g/mol. The first-order valence-corrected chi connectivity index (χ1v) is 9.74. The molecule has 0 aromatic heterocycles. The van der Waals surface area contributed by atoms with Crippen LogP contribution in [0.2, 0.25) is 10.0 Å². The summed E-state index contributed by atoms with van der Waals surface area (Å²) in [6, 6.07) is 5.39. The van der Waals surface area contributed by atoms with Crippen LogP contribution < -0.4 is 0 Å². The maximum Gasteiger partial charge on any atom is 0.159 e. The van der Waals surface area contributed by atoms with Crippen molar-refractivity contribution in [1.29, 1.82) is 0 Å². The van der Waals surface area contributed by atoms with Crippen molar-refractivity contribution in [1.82, 2.24) is 0 Å². The van der Waals surface area contributed by atoms with Crippen LogP contribution in [0.15, 0.2) is 24.3 Å². The summed E-state index contributed by atoms with van der Waals surface area (Å²) in [5.74, 6) is 2.29. The first-order chi connectivity index (χ1) is 10.6. The van der Waals surface area contributed by atoms with E-state index in [4.69, 9.17) is 23.2 Å². The lowest BCUT2D eigenvalue weighted by Gasteiger charge is -2.12. The fourth-order valence-electron chi connectivity index (χ4n) is 2.14. The van der Waals surface area contributed by atoms with Gasteiger partial charge in [0.25, 0.3) is 0 Å². The highest BCUT2D eigenvalue weighted by atomic mass is 35.5. The van der Waals surface area contributed by atoms with E-state index in [0.29, 0.717) is 10.0 Å². The topological polar surface area (TPSA) is 17.1 Å². The minimum absolute atomic E-state index is 0.121. The van der Waals surface area contributed by atoms with Crippen LogP contribution in [0.4, 0.5) is 0 Å². The Morgan fingerprint density at radius 3 is 2.64 bits per heavy atom. The van der Waals surface area contributed by atoms with Crippen LogP contribution in [0.25, 0.3) is 6.08 Å². The molecule has 0 aliphatic carbocycles. The van der Waals surface area contributed by atoms with Crippen LogP contribution in [-0.2, 0) is 4.79 Å². The van der Waals surface area contributed by atoms with Gasteiger partial charge in [0.2, 0.25) is 0 Å². The van der Waals surface area contributed by atoms with Gasteiger partial charge in [-0.15, -0.1) is 0 Å². The number of carbonyl (C=O) groups excluding carboxylic acids is 1. The highest BCUT2D eigenvalue weighted by Gasteiger charge is 2.15. The van der Waals surface area contributed by atoms with Gasteiger partial charge in [-0.25, -0.2) is 0 Å². The van der Waals surface area contributed by atoms with Gasteiger partial charge < -0.3 is 0 Å². The van der Waals surface area contributed by atoms with Crippen molar-refractivity contribution in [2.24, 2.45) is 5.92 Å². The average Bonchev–Trinajstić information content (AvgIpc) is 2.51. The lowest BCUT2D eigenvalue weighted by molar-refractivity contribution is -0.117. The standard InChI is InChI=1S/C18H24Cl2OS/c1-3-5-6-7-15(13-22-4-2)18(21)11-9-14-8-10-16(19)17(20)12-14/h8-12,15H,3-7,13H2,1-2H3. The van der Waals surface area contributed by atoms with Crippen molar-refractivity contribution < 1.29 is 4.79 Å². The van der Waals surface area contributed by atoms with Gasteiger partial charge >= 0.3 is 0 Å². The normalized spacial score (nSPS) is 12.7. The van der Waals surface area contributed by atoms with E-state index in [1.807, 2.05) is 23.9 Å². The third kappa shape index (κ3) is 7.21. The van der Waals surface area contributed by atoms with E-state index in [-0.39, 0.29) is 11.7 Å². The van der Waals surface area contributed by atoms with Gasteiger partial charge in [-0.3, -0.25) is 4.79 Å². The second kappa shape index (κ2) is 11.2. The van der Waals surface area contributed by atoms with Crippen molar-refractivity contribution >= 4 is 46.8 Å². The number of rotatable bonds is 10. The smallest absolute Gasteiger partial charge is 0.159 e. The molecule has 0 fully saturated rings. The minimum atomic E-state index is 0.121. The van der Waals surface area contributed by atoms with E-state index < -0.39 is 0 Å². The molecule has 22 heavy (non-hydrogen) atoms. The van der Waals surface area contributed by atoms with Gasteiger partial charge in [0, 0.05) is 11.7 Å². The fraction of sp³-hybridized carbons (Fsp3) is 0.500. The summed E-state index contributed by atoms with van der Waals surface area (Å²) in [5, 5.41) is 1.04. The number of allylic oxidation sites excluding steroid dienone is 1. The van der Waals surface area contributed by atoms with Gasteiger partial charge in [-0.05, 0) is 35.9 Å². The molecule has 0 aliphatic heterocycles. The van der Waals surface area contributed by atoms with Crippen molar-refractivity contribution in [3.63, 3.8) is 0 Å². The number of benzene rings is 1. The van der Waals surface area contributed by atoms with Crippen molar-refractivity contribution in [3.8, 4) is 0 Å². The molecule has 1 unspecified atom stereocenters. The summed E-state index contributed by atoms with van der Waals surface area (Å²) < 4.78 is 0. The predicted octanol–water partition coefficient (Wildman–Crippen LogP) is 6.53. The highest BCUT2D eigenvalue weighted by molar-refractivity contribution is 7.99. The molecule has 4 heteroatoms. The Bertz CT molecular complexity index is 500. The zero-order valence-electron chi connectivity index (χ0n) is 13.3. The molecule has 0 aliphatic rings. The summed E-state index contributed by atoms with van der Waals surface area (Å²) >= 11 is 13.7. The van der Waals surface area contributed by atoms with E-state index in [0.717, 1.165) is 29.9 Å². The maximum absolute atomic E-state index is 12.4. The van der Waals surface area contributed by atoms with E-state index in [1.54, 1.807) is 18.2 Å². The Hall–Kier alpha value is -0.440. The third-order valence-corrected chi connectivity index (χ3v) is 5.25. The largest absolute Gasteiger partial charge is 0.295 e. The van der Waals surface area contributed by atoms with E-state index in [9.17, 15) is 4.79 Å². The molecule has 1 aromatic rings. The molecule has 0 bridgehead atoms. The van der Waals surface area contributed by atoms with E-state index >= 15 is 0 Å². The van der Waals surface area contributed by atoms with Crippen molar-refractivity contribution in [2.75, 3.05) is 11.5 Å². The Morgan fingerprint density at radius 2 is 2.00 bits per heavy atom. The van der Waals surface area contributed by atoms with Crippen molar-refractivity contribution in [2.45, 2.75) is 39.5 Å². The summed E-state index contributed by atoms with van der Waals surface area (Å²) in [4.78, 5) is 12.4. The first kappa shape index (κ1) is 19.6. The number of hydrogen-bond donors (Lipinski definition) is 0. The number of hydrogen-bond acceptors (Lipinski definition) is 2. The van der Waals surface area contributed by atoms with E-state index in [2.05, 4.69) is 13.8 Å². The third-order valence-electron chi connectivity index (χ3n) is 3.47. The van der Waals surface area contributed by atoms with Crippen LogP contribution in [0, 0.1) is 5.92 Å². The Kier molecular flexibility index (Phi) is 9.94. The molecule has 1 nitrogen and oxygen atoms in total. The zero-order valence-corrected chi connectivity index (χ0v) is 15.6. The van der Waals surface area contributed by atoms with E-state index in [1.165, 1.54) is 12.8 Å². The first-order valence-electron chi connectivity index (χ1n) is 7.83. The quantitative estimate of drug-likeness (QED) is 0.349. The summed E-state index contributed by atoms with van der Waals surface area (Å²) in [6.45, 7) is 4.31. The predicted molar refractivity (Wildman–Crippen MR) is 101 cm³/mol. The summed E-state index contributed by atoms with van der Waals surface area (Å²) in [6.07, 6.45) is 7.99. The monoisotopic (exact) mass is 358 g/mol. The van der Waals surface area contributed by atoms with Crippen LogP contribution in [0.5, 0.6) is 0 Å². The van der Waals surface area contributed by atoms with Crippen molar-refractivity contribution in [3.05, 3.63) is 39.9 Å². The SMILES string of the molecule is CCCCCC(CSCC)C(=O)C=Cc1ccc(Cl)c(Cl)c1. The van der Waals surface area contributed by atoms with Gasteiger partial charge in [-0.2, -0.15) is 11.8 Å². The molecular formula is C18H24Cl2OS. The molecule has 0 spiro atoms. The molecule has 1 atom stereocenters. The number of ketones is 1. The molecule has 0 saturated heterocycles. The molecule has 0 N–H and O–H groups in total. The molecule has 1 rings (SSSR count). The lowest BCUT2D eigenvalue weighted by atomic mass is 9.98. The number of halogens is 2. The molecule has 122 valence electrons.